The van der Waals surface area contributed by atoms with E-state index in [2.05, 4.69) is 18.3 Å². The van der Waals surface area contributed by atoms with E-state index in [4.69, 9.17) is 4.74 Å². The fourth-order valence-electron chi connectivity index (χ4n) is 4.28. The lowest BCUT2D eigenvalue weighted by Gasteiger charge is -2.35. The monoisotopic (exact) mass is 416 g/mol. The maximum Gasteiger partial charge on any atom is 0.414 e. The number of anilines is 2. The minimum atomic E-state index is -0.545. The molecular weight excluding hydrogens is 387 g/mol. The van der Waals surface area contributed by atoms with Crippen molar-refractivity contribution in [2.75, 3.05) is 36.0 Å². The first-order chi connectivity index (χ1) is 14.4. The molecule has 0 saturated carbocycles. The van der Waals surface area contributed by atoms with Crippen molar-refractivity contribution in [3.05, 3.63) is 24.0 Å². The number of carbonyl (C=O) groups is 2. The molecule has 8 heteroatoms. The van der Waals surface area contributed by atoms with Gasteiger partial charge in [0.1, 0.15) is 11.9 Å². The van der Waals surface area contributed by atoms with Crippen molar-refractivity contribution < 1.29 is 18.7 Å². The summed E-state index contributed by atoms with van der Waals surface area (Å²) in [6.07, 6.45) is 2.67. The first kappa shape index (κ1) is 21.9. The molecule has 7 nitrogen and oxygen atoms in total. The third-order valence-corrected chi connectivity index (χ3v) is 5.91. The third-order valence-electron chi connectivity index (χ3n) is 5.91. The van der Waals surface area contributed by atoms with E-state index in [1.54, 1.807) is 12.1 Å². The van der Waals surface area contributed by atoms with Crippen molar-refractivity contribution in [2.45, 2.75) is 45.6 Å². The molecule has 2 unspecified atom stereocenters. The molecular formula is C22H29FN4O3. The summed E-state index contributed by atoms with van der Waals surface area (Å²) in [5.74, 6) is -0.127. The fraction of sp³-hybridized carbons (Fsp3) is 0.591. The highest BCUT2D eigenvalue weighted by molar-refractivity contribution is 5.90. The molecule has 0 radical (unpaired) electrons. The highest BCUT2D eigenvalue weighted by atomic mass is 19.1. The molecule has 2 saturated heterocycles. The predicted octanol–water partition coefficient (Wildman–Crippen LogP) is 3.44. The number of halogens is 1. The average molecular weight is 416 g/mol. The van der Waals surface area contributed by atoms with Crippen LogP contribution in [0.2, 0.25) is 0 Å². The van der Waals surface area contributed by atoms with Crippen LogP contribution in [0, 0.1) is 29.0 Å². The first-order valence-corrected chi connectivity index (χ1v) is 10.6. The van der Waals surface area contributed by atoms with Gasteiger partial charge in [-0.1, -0.05) is 13.3 Å². The van der Waals surface area contributed by atoms with E-state index in [0.29, 0.717) is 30.4 Å². The molecule has 2 aliphatic rings. The summed E-state index contributed by atoms with van der Waals surface area (Å²) in [7, 11) is 0. The Labute approximate surface area is 176 Å². The van der Waals surface area contributed by atoms with Gasteiger partial charge < -0.3 is 15.0 Å². The van der Waals surface area contributed by atoms with Gasteiger partial charge in [0.05, 0.1) is 30.5 Å². The number of amides is 2. The normalized spacial score (nSPS) is 20.6. The van der Waals surface area contributed by atoms with Gasteiger partial charge in [-0.05, 0) is 43.4 Å². The smallest absolute Gasteiger partial charge is 0.414 e. The second-order valence-corrected chi connectivity index (χ2v) is 8.04. The van der Waals surface area contributed by atoms with Gasteiger partial charge in [-0.3, -0.25) is 9.69 Å². The van der Waals surface area contributed by atoms with Crippen LogP contribution in [0.5, 0.6) is 0 Å². The Morgan fingerprint density at radius 1 is 1.40 bits per heavy atom. The molecule has 30 heavy (non-hydrogen) atoms. The molecule has 1 aromatic rings. The van der Waals surface area contributed by atoms with Crippen molar-refractivity contribution in [2.24, 2.45) is 11.8 Å². The van der Waals surface area contributed by atoms with Gasteiger partial charge in [0.25, 0.3) is 0 Å². The Morgan fingerprint density at radius 3 is 2.73 bits per heavy atom. The molecule has 1 aromatic carbocycles. The quantitative estimate of drug-likeness (QED) is 0.736. The second-order valence-electron chi connectivity index (χ2n) is 8.04. The first-order valence-electron chi connectivity index (χ1n) is 10.6. The largest absolute Gasteiger partial charge is 0.442 e. The Morgan fingerprint density at radius 2 is 2.13 bits per heavy atom. The molecule has 1 N–H and O–H groups in total. The van der Waals surface area contributed by atoms with Gasteiger partial charge in [0.2, 0.25) is 5.91 Å². The Balaban J connectivity index is 1.62. The number of benzene rings is 1. The number of cyclic esters (lactones) is 1. The van der Waals surface area contributed by atoms with E-state index in [-0.39, 0.29) is 30.7 Å². The number of hydrogen-bond acceptors (Lipinski definition) is 5. The third kappa shape index (κ3) is 5.02. The molecule has 3 rings (SSSR count). The lowest BCUT2D eigenvalue weighted by atomic mass is 9.82. The van der Waals surface area contributed by atoms with Crippen LogP contribution >= 0.6 is 0 Å². The van der Waals surface area contributed by atoms with Gasteiger partial charge in [-0.25, -0.2) is 9.18 Å². The number of rotatable bonds is 7. The summed E-state index contributed by atoms with van der Waals surface area (Å²) in [5.41, 5.74) is 0.956. The van der Waals surface area contributed by atoms with E-state index in [0.717, 1.165) is 25.7 Å². The molecule has 162 valence electrons. The molecule has 2 fully saturated rings. The maximum absolute atomic E-state index is 14.9. The standard InChI is InChI=1S/C22H29FN4O3/c1-3-4-17(12-24)16-7-9-26(10-8-16)21-6-5-18(11-20(21)23)27-14-19(30-22(27)29)13-25-15(2)28/h5-6,11,16-17,19H,3-4,7-10,13-14H2,1-2H3,(H,25,28). The lowest BCUT2D eigenvalue weighted by Crippen LogP contribution is -2.36. The molecule has 2 heterocycles. The summed E-state index contributed by atoms with van der Waals surface area (Å²) >= 11 is 0. The Kier molecular flexibility index (Phi) is 7.14. The molecule has 2 atom stereocenters. The SMILES string of the molecule is CCCC(C#N)C1CCN(c2ccc(N3CC(CNC(C)=O)OC3=O)cc2F)CC1. The summed E-state index contributed by atoms with van der Waals surface area (Å²) in [6, 6.07) is 7.22. The van der Waals surface area contributed by atoms with Gasteiger partial charge in [-0.2, -0.15) is 5.26 Å². The van der Waals surface area contributed by atoms with Crippen LogP contribution in [-0.4, -0.2) is 44.3 Å². The number of hydrogen-bond donors (Lipinski definition) is 1. The lowest BCUT2D eigenvalue weighted by molar-refractivity contribution is -0.119. The van der Waals surface area contributed by atoms with E-state index in [1.807, 2.05) is 4.90 Å². The van der Waals surface area contributed by atoms with E-state index in [9.17, 15) is 19.2 Å². The van der Waals surface area contributed by atoms with Crippen LogP contribution in [0.25, 0.3) is 0 Å². The van der Waals surface area contributed by atoms with Crippen LogP contribution < -0.4 is 15.1 Å². The van der Waals surface area contributed by atoms with Crippen LogP contribution in [-0.2, 0) is 9.53 Å². The van der Waals surface area contributed by atoms with Gasteiger partial charge in [0.15, 0.2) is 0 Å². The zero-order chi connectivity index (χ0) is 21.7. The average Bonchev–Trinajstić information content (AvgIpc) is 3.11. The van der Waals surface area contributed by atoms with Crippen molar-refractivity contribution in [3.8, 4) is 6.07 Å². The van der Waals surface area contributed by atoms with Crippen molar-refractivity contribution in [1.29, 1.82) is 5.26 Å². The number of nitrogens with zero attached hydrogens (tertiary/aromatic N) is 3. The summed E-state index contributed by atoms with van der Waals surface area (Å²) < 4.78 is 20.1. The summed E-state index contributed by atoms with van der Waals surface area (Å²) in [6.45, 7) is 5.41. The van der Waals surface area contributed by atoms with Crippen molar-refractivity contribution in [3.63, 3.8) is 0 Å². The van der Waals surface area contributed by atoms with Gasteiger partial charge in [0, 0.05) is 25.9 Å². The van der Waals surface area contributed by atoms with E-state index in [1.165, 1.54) is 17.9 Å². The van der Waals surface area contributed by atoms with Crippen LogP contribution in [0.4, 0.5) is 20.6 Å². The highest BCUT2D eigenvalue weighted by Crippen LogP contribution is 2.33. The van der Waals surface area contributed by atoms with Gasteiger partial charge in [-0.15, -0.1) is 0 Å². The van der Waals surface area contributed by atoms with Crippen molar-refractivity contribution >= 4 is 23.4 Å². The minimum Gasteiger partial charge on any atom is -0.442 e. The van der Waals surface area contributed by atoms with Crippen LogP contribution in [0.1, 0.15) is 39.5 Å². The van der Waals surface area contributed by atoms with Crippen LogP contribution in [0.3, 0.4) is 0 Å². The number of nitrogens with one attached hydrogen (secondary N) is 1. The second kappa shape index (κ2) is 9.79. The Bertz CT molecular complexity index is 817. The molecule has 0 aromatic heterocycles. The highest BCUT2D eigenvalue weighted by Gasteiger charge is 2.33. The maximum atomic E-state index is 14.9. The molecule has 2 aliphatic heterocycles. The van der Waals surface area contributed by atoms with Crippen LogP contribution in [0.15, 0.2) is 18.2 Å². The number of nitriles is 1. The van der Waals surface area contributed by atoms with Gasteiger partial charge >= 0.3 is 6.09 Å². The van der Waals surface area contributed by atoms with Crippen molar-refractivity contribution in [1.82, 2.24) is 5.32 Å². The molecule has 0 aliphatic carbocycles. The number of ether oxygens (including phenoxy) is 1. The zero-order valence-corrected chi connectivity index (χ0v) is 17.6. The molecule has 0 spiro atoms. The number of carbonyl (C=O) groups excluding carboxylic acids is 2. The minimum absolute atomic E-state index is 0.0796. The van der Waals surface area contributed by atoms with E-state index < -0.39 is 12.2 Å². The predicted molar refractivity (Wildman–Crippen MR) is 112 cm³/mol. The summed E-state index contributed by atoms with van der Waals surface area (Å²) in [5, 5.41) is 12.0. The van der Waals surface area contributed by atoms with E-state index >= 15 is 0 Å². The zero-order valence-electron chi connectivity index (χ0n) is 17.6. The topological polar surface area (TPSA) is 85.7 Å². The molecule has 0 bridgehead atoms. The molecule has 2 amide bonds. The fourth-order valence-corrected chi connectivity index (χ4v) is 4.28. The number of piperidine rings is 1. The summed E-state index contributed by atoms with van der Waals surface area (Å²) in [4.78, 5) is 26.6. The Hall–Kier alpha value is -2.82.